The highest BCUT2D eigenvalue weighted by molar-refractivity contribution is 9.10. The minimum Gasteiger partial charge on any atom is -0.465 e. The number of nitrogens with zero attached hydrogens (tertiary/aromatic N) is 1. The monoisotopic (exact) mass is 524 g/mol. The van der Waals surface area contributed by atoms with E-state index in [-0.39, 0.29) is 17.9 Å². The fourth-order valence-corrected chi connectivity index (χ4v) is 3.66. The second-order valence-corrected chi connectivity index (χ2v) is 7.84. The van der Waals surface area contributed by atoms with Gasteiger partial charge < -0.3 is 19.4 Å². The maximum absolute atomic E-state index is 12.5. The molecule has 6 nitrogen and oxygen atoms in total. The molecule has 0 aliphatic rings. The molecule has 33 heavy (non-hydrogen) atoms. The van der Waals surface area contributed by atoms with Gasteiger partial charge in [0.25, 0.3) is 5.56 Å². The lowest BCUT2D eigenvalue weighted by Gasteiger charge is -2.16. The maximum Gasteiger partial charge on any atom is 0.573 e. The summed E-state index contributed by atoms with van der Waals surface area (Å²) in [5, 5.41) is 3.03. The maximum atomic E-state index is 12.5. The van der Waals surface area contributed by atoms with Crippen molar-refractivity contribution in [2.45, 2.75) is 25.9 Å². The number of halogens is 4. The number of aryl methyl sites for hydroxylation is 1. The number of pyridine rings is 1. The number of hydrogen-bond donors (Lipinski definition) is 1. The normalized spacial score (nSPS) is 11.2. The summed E-state index contributed by atoms with van der Waals surface area (Å²) < 4.78 is 48.3. The lowest BCUT2D eigenvalue weighted by molar-refractivity contribution is -0.274. The minimum atomic E-state index is -4.78. The van der Waals surface area contributed by atoms with Crippen LogP contribution in [-0.4, -0.2) is 24.0 Å². The molecule has 0 saturated heterocycles. The fraction of sp³-hybridized carbons (Fsp3) is 0.217. The summed E-state index contributed by atoms with van der Waals surface area (Å²) in [5.74, 6) is -0.768. The largest absolute Gasteiger partial charge is 0.573 e. The molecular weight excluding hydrogens is 505 g/mol. The van der Waals surface area contributed by atoms with Crippen molar-refractivity contribution in [1.82, 2.24) is 4.57 Å². The van der Waals surface area contributed by atoms with Crippen molar-refractivity contribution in [3.8, 4) is 5.75 Å². The van der Waals surface area contributed by atoms with Crippen LogP contribution < -0.4 is 15.6 Å². The zero-order valence-corrected chi connectivity index (χ0v) is 19.1. The molecule has 174 valence electrons. The molecule has 1 heterocycles. The number of hydrogen-bond acceptors (Lipinski definition) is 5. The quantitative estimate of drug-likeness (QED) is 0.412. The fourth-order valence-electron chi connectivity index (χ4n) is 3.17. The van der Waals surface area contributed by atoms with E-state index >= 15 is 0 Å². The summed E-state index contributed by atoms with van der Waals surface area (Å²) in [6.45, 7) is 0.553. The Labute approximate surface area is 196 Å². The predicted molar refractivity (Wildman–Crippen MR) is 120 cm³/mol. The van der Waals surface area contributed by atoms with E-state index in [1.54, 1.807) is 41.0 Å². The number of methoxy groups -OCH3 is 1. The molecule has 2 aromatic carbocycles. The minimum absolute atomic E-state index is 0.188. The summed E-state index contributed by atoms with van der Waals surface area (Å²) >= 11 is 3.44. The molecule has 0 saturated carbocycles. The number of ether oxygens (including phenoxy) is 2. The second-order valence-electron chi connectivity index (χ2n) is 6.99. The SMILES string of the molecule is COC(=O)c1ccc(CCn2c(CNc3cccc(OC(F)(F)F)c3)c(Br)ccc2=O)cc1. The first-order valence-corrected chi connectivity index (χ1v) is 10.6. The molecule has 0 amide bonds. The average Bonchev–Trinajstić information content (AvgIpc) is 2.77. The number of aromatic nitrogens is 1. The topological polar surface area (TPSA) is 69.6 Å². The Bertz CT molecular complexity index is 1180. The number of rotatable bonds is 8. The molecule has 0 atom stereocenters. The lowest BCUT2D eigenvalue weighted by atomic mass is 10.1. The number of anilines is 1. The number of carbonyl (C=O) groups is 1. The van der Waals surface area contributed by atoms with Crippen molar-refractivity contribution in [1.29, 1.82) is 0 Å². The Morgan fingerprint density at radius 1 is 1.09 bits per heavy atom. The van der Waals surface area contributed by atoms with Crippen LogP contribution >= 0.6 is 15.9 Å². The van der Waals surface area contributed by atoms with Crippen molar-refractivity contribution in [3.05, 3.63) is 92.3 Å². The average molecular weight is 525 g/mol. The van der Waals surface area contributed by atoms with Crippen molar-refractivity contribution in [2.24, 2.45) is 0 Å². The van der Waals surface area contributed by atoms with Crippen LogP contribution in [0, 0.1) is 0 Å². The summed E-state index contributed by atoms with van der Waals surface area (Å²) in [7, 11) is 1.31. The zero-order valence-electron chi connectivity index (χ0n) is 17.5. The Morgan fingerprint density at radius 2 is 1.82 bits per heavy atom. The number of nitrogens with one attached hydrogen (secondary N) is 1. The van der Waals surface area contributed by atoms with Gasteiger partial charge in [-0.1, -0.05) is 18.2 Å². The Morgan fingerprint density at radius 3 is 2.48 bits per heavy atom. The van der Waals surface area contributed by atoms with Crippen LogP contribution in [0.15, 0.2) is 69.9 Å². The van der Waals surface area contributed by atoms with Gasteiger partial charge in [0.15, 0.2) is 0 Å². The van der Waals surface area contributed by atoms with Gasteiger partial charge >= 0.3 is 12.3 Å². The molecule has 0 radical (unpaired) electrons. The zero-order chi connectivity index (χ0) is 24.0. The molecule has 0 unspecified atom stereocenters. The summed E-state index contributed by atoms with van der Waals surface area (Å²) in [6, 6.07) is 15.4. The van der Waals surface area contributed by atoms with Crippen LogP contribution in [0.2, 0.25) is 0 Å². The van der Waals surface area contributed by atoms with E-state index in [4.69, 9.17) is 0 Å². The van der Waals surface area contributed by atoms with Gasteiger partial charge in [0.1, 0.15) is 5.75 Å². The second kappa shape index (κ2) is 10.6. The number of benzene rings is 2. The standard InChI is InChI=1S/C23H20BrF3N2O4/c1-32-22(31)16-7-5-15(6-8-16)11-12-29-20(19(24)9-10-21(29)30)14-28-17-3-2-4-18(13-17)33-23(25,26)27/h2-10,13,28H,11-12,14H2,1H3. The third-order valence-electron chi connectivity index (χ3n) is 4.77. The number of alkyl halides is 3. The van der Waals surface area contributed by atoms with E-state index < -0.39 is 12.3 Å². The molecule has 0 aliphatic carbocycles. The van der Waals surface area contributed by atoms with Crippen LogP contribution in [0.4, 0.5) is 18.9 Å². The Kier molecular flexibility index (Phi) is 7.80. The van der Waals surface area contributed by atoms with E-state index in [2.05, 4.69) is 30.7 Å². The molecule has 1 aromatic heterocycles. The van der Waals surface area contributed by atoms with Gasteiger partial charge in [0.2, 0.25) is 0 Å². The molecule has 1 N–H and O–H groups in total. The van der Waals surface area contributed by atoms with Gasteiger partial charge in [-0.25, -0.2) is 4.79 Å². The van der Waals surface area contributed by atoms with E-state index in [1.807, 2.05) is 0 Å². The molecule has 0 aliphatic heterocycles. The van der Waals surface area contributed by atoms with Gasteiger partial charge in [-0.05, 0) is 58.2 Å². The van der Waals surface area contributed by atoms with Crippen LogP contribution in [0.1, 0.15) is 21.6 Å². The molecular formula is C23H20BrF3N2O4. The Hall–Kier alpha value is -3.27. The summed E-state index contributed by atoms with van der Waals surface area (Å²) in [4.78, 5) is 24.1. The highest BCUT2D eigenvalue weighted by atomic mass is 79.9. The molecule has 0 bridgehead atoms. The van der Waals surface area contributed by atoms with Crippen molar-refractivity contribution in [3.63, 3.8) is 0 Å². The van der Waals surface area contributed by atoms with Gasteiger partial charge in [0, 0.05) is 28.8 Å². The first-order chi connectivity index (χ1) is 15.7. The lowest BCUT2D eigenvalue weighted by Crippen LogP contribution is -2.25. The molecule has 0 spiro atoms. The van der Waals surface area contributed by atoms with E-state index in [0.29, 0.717) is 34.4 Å². The number of esters is 1. The van der Waals surface area contributed by atoms with E-state index in [1.165, 1.54) is 31.4 Å². The first kappa shape index (κ1) is 24.4. The molecule has 0 fully saturated rings. The van der Waals surface area contributed by atoms with Crippen LogP contribution in [0.5, 0.6) is 5.75 Å². The highest BCUT2D eigenvalue weighted by Crippen LogP contribution is 2.26. The van der Waals surface area contributed by atoms with Crippen LogP contribution in [0.25, 0.3) is 0 Å². The van der Waals surface area contributed by atoms with Crippen LogP contribution in [0.3, 0.4) is 0 Å². The first-order valence-electron chi connectivity index (χ1n) is 9.81. The number of carbonyl (C=O) groups excluding carboxylic acids is 1. The third-order valence-corrected chi connectivity index (χ3v) is 5.49. The van der Waals surface area contributed by atoms with Gasteiger partial charge in [-0.15, -0.1) is 13.2 Å². The van der Waals surface area contributed by atoms with Crippen molar-refractivity contribution in [2.75, 3.05) is 12.4 Å². The molecule has 3 rings (SSSR count). The van der Waals surface area contributed by atoms with Crippen LogP contribution in [-0.2, 0) is 24.2 Å². The van der Waals surface area contributed by atoms with Crippen molar-refractivity contribution < 1.29 is 27.4 Å². The summed E-state index contributed by atoms with van der Waals surface area (Å²) in [6.07, 6.45) is -4.25. The van der Waals surface area contributed by atoms with Gasteiger partial charge in [-0.3, -0.25) is 4.79 Å². The molecule has 3 aromatic rings. The van der Waals surface area contributed by atoms with Crippen molar-refractivity contribution >= 4 is 27.6 Å². The predicted octanol–water partition coefficient (Wildman–Crippen LogP) is 5.15. The highest BCUT2D eigenvalue weighted by Gasteiger charge is 2.31. The smallest absolute Gasteiger partial charge is 0.465 e. The van der Waals surface area contributed by atoms with E-state index in [9.17, 15) is 22.8 Å². The summed E-state index contributed by atoms with van der Waals surface area (Å²) in [5.41, 5.74) is 2.18. The third kappa shape index (κ3) is 6.85. The Balaban J connectivity index is 1.74. The van der Waals surface area contributed by atoms with Gasteiger partial charge in [0.05, 0.1) is 24.9 Å². The molecule has 10 heteroatoms. The van der Waals surface area contributed by atoms with E-state index in [0.717, 1.165) is 5.56 Å². The van der Waals surface area contributed by atoms with Gasteiger partial charge in [-0.2, -0.15) is 0 Å².